The molecule has 0 spiro atoms. The van der Waals surface area contributed by atoms with Crippen LogP contribution in [0.15, 0.2) is 28.7 Å². The summed E-state index contributed by atoms with van der Waals surface area (Å²) >= 11 is 0. The summed E-state index contributed by atoms with van der Waals surface area (Å²) in [6, 6.07) is 7.17. The summed E-state index contributed by atoms with van der Waals surface area (Å²) in [5.74, 6) is 0.301. The van der Waals surface area contributed by atoms with Gasteiger partial charge in [0.1, 0.15) is 0 Å². The number of hydrogen-bond donors (Lipinski definition) is 0. The second-order valence-corrected chi connectivity index (χ2v) is 9.12. The van der Waals surface area contributed by atoms with Gasteiger partial charge in [0.05, 0.1) is 6.61 Å². The molecule has 4 rings (SSSR count). The first kappa shape index (κ1) is 22.1. The van der Waals surface area contributed by atoms with Crippen molar-refractivity contribution in [2.45, 2.75) is 84.0 Å². The molecule has 0 radical (unpaired) electrons. The van der Waals surface area contributed by atoms with Gasteiger partial charge in [-0.25, -0.2) is 4.39 Å². The van der Waals surface area contributed by atoms with Crippen molar-refractivity contribution in [3.8, 4) is 5.75 Å². The summed E-state index contributed by atoms with van der Waals surface area (Å²) in [4.78, 5) is 0. The molecule has 0 unspecified atom stereocenters. The molecule has 1 aliphatic carbocycles. The van der Waals surface area contributed by atoms with Crippen molar-refractivity contribution in [3.63, 3.8) is 0 Å². The van der Waals surface area contributed by atoms with E-state index in [9.17, 15) is 4.39 Å². The summed E-state index contributed by atoms with van der Waals surface area (Å²) < 4.78 is 41.7. The van der Waals surface area contributed by atoms with Crippen molar-refractivity contribution in [2.24, 2.45) is 5.92 Å². The van der Waals surface area contributed by atoms with Crippen LogP contribution >= 0.6 is 0 Å². The number of benzene rings is 2. The molecule has 1 fully saturated rings. The van der Waals surface area contributed by atoms with Crippen molar-refractivity contribution >= 4 is 21.9 Å². The van der Waals surface area contributed by atoms with E-state index in [1.54, 1.807) is 12.1 Å². The quantitative estimate of drug-likeness (QED) is 0.317. The maximum absolute atomic E-state index is 15.5. The Kier molecular flexibility index (Phi) is 7.14. The van der Waals surface area contributed by atoms with Crippen LogP contribution in [0.1, 0.15) is 89.5 Å². The summed E-state index contributed by atoms with van der Waals surface area (Å²) in [7, 11) is 0. The fourth-order valence-electron chi connectivity index (χ4n) is 5.03. The molecule has 31 heavy (non-hydrogen) atoms. The highest BCUT2D eigenvalue weighted by molar-refractivity contribution is 6.05. The molecule has 3 aromatic rings. The Morgan fingerprint density at radius 1 is 0.839 bits per heavy atom. The smallest absolute Gasteiger partial charge is 0.208 e. The molecule has 1 heterocycles. The standard InChI is InChI=1S/C27H34F2O2/c1-3-5-7-8-18-9-11-19(12-10-18)20-13-14-21-22-15-16-23(30-17-6-4-2)25(29)27(22)31-26(21)24(20)28/h13-16,18-19H,3-12,17H2,1-2H3/t18-,19-. The Balaban J connectivity index is 1.56. The van der Waals surface area contributed by atoms with E-state index in [0.29, 0.717) is 17.4 Å². The van der Waals surface area contributed by atoms with Gasteiger partial charge in [0.25, 0.3) is 0 Å². The first-order valence-corrected chi connectivity index (χ1v) is 12.1. The minimum absolute atomic E-state index is 0.0830. The van der Waals surface area contributed by atoms with Gasteiger partial charge in [0.15, 0.2) is 22.7 Å². The van der Waals surface area contributed by atoms with Gasteiger partial charge in [0, 0.05) is 10.8 Å². The van der Waals surface area contributed by atoms with Gasteiger partial charge in [-0.05, 0) is 67.7 Å². The fourth-order valence-corrected chi connectivity index (χ4v) is 5.03. The number of rotatable bonds is 9. The van der Waals surface area contributed by atoms with E-state index in [2.05, 4.69) is 13.8 Å². The van der Waals surface area contributed by atoms with Crippen molar-refractivity contribution in [3.05, 3.63) is 41.5 Å². The Morgan fingerprint density at radius 2 is 1.52 bits per heavy atom. The summed E-state index contributed by atoms with van der Waals surface area (Å²) in [5, 5.41) is 1.23. The highest BCUT2D eigenvalue weighted by Gasteiger charge is 2.27. The van der Waals surface area contributed by atoms with Gasteiger partial charge >= 0.3 is 0 Å². The number of ether oxygens (including phenoxy) is 1. The lowest BCUT2D eigenvalue weighted by atomic mass is 9.77. The predicted octanol–water partition coefficient (Wildman–Crippen LogP) is 8.90. The van der Waals surface area contributed by atoms with Crippen molar-refractivity contribution in [1.29, 1.82) is 0 Å². The SMILES string of the molecule is CCCCC[C@H]1CC[C@H](c2ccc3c(oc4c(F)c(OCCCC)ccc43)c2F)CC1. The molecular formula is C27H34F2O2. The lowest BCUT2D eigenvalue weighted by Crippen LogP contribution is -2.14. The first-order chi connectivity index (χ1) is 15.1. The molecule has 0 aliphatic heterocycles. The third-order valence-electron chi connectivity index (χ3n) is 6.94. The third-order valence-corrected chi connectivity index (χ3v) is 6.94. The van der Waals surface area contributed by atoms with Crippen LogP contribution in [-0.2, 0) is 0 Å². The molecule has 1 aliphatic rings. The maximum atomic E-state index is 15.5. The average molecular weight is 429 g/mol. The Hall–Kier alpha value is -2.10. The zero-order chi connectivity index (χ0) is 21.8. The van der Waals surface area contributed by atoms with E-state index in [1.807, 2.05) is 12.1 Å². The lowest BCUT2D eigenvalue weighted by Gasteiger charge is -2.29. The van der Waals surface area contributed by atoms with Gasteiger partial charge in [-0.15, -0.1) is 0 Å². The number of hydrogen-bond acceptors (Lipinski definition) is 2. The van der Waals surface area contributed by atoms with E-state index in [4.69, 9.17) is 9.15 Å². The molecule has 2 nitrogen and oxygen atoms in total. The highest BCUT2D eigenvalue weighted by Crippen LogP contribution is 2.42. The number of unbranched alkanes of at least 4 members (excludes halogenated alkanes) is 3. The Bertz CT molecular complexity index is 1020. The van der Waals surface area contributed by atoms with E-state index >= 15 is 4.39 Å². The minimum atomic E-state index is -0.543. The van der Waals surface area contributed by atoms with Crippen LogP contribution in [0.3, 0.4) is 0 Å². The van der Waals surface area contributed by atoms with Gasteiger partial charge in [0.2, 0.25) is 5.82 Å². The minimum Gasteiger partial charge on any atom is -0.490 e. The molecule has 0 atom stereocenters. The largest absolute Gasteiger partial charge is 0.490 e. The zero-order valence-electron chi connectivity index (χ0n) is 18.8. The second-order valence-electron chi connectivity index (χ2n) is 9.12. The third kappa shape index (κ3) is 4.58. The first-order valence-electron chi connectivity index (χ1n) is 12.1. The zero-order valence-corrected chi connectivity index (χ0v) is 18.8. The lowest BCUT2D eigenvalue weighted by molar-refractivity contribution is 0.294. The van der Waals surface area contributed by atoms with Crippen LogP contribution in [0.4, 0.5) is 8.78 Å². The molecule has 0 N–H and O–H groups in total. The average Bonchev–Trinajstić information content (AvgIpc) is 3.17. The van der Waals surface area contributed by atoms with E-state index in [-0.39, 0.29) is 28.7 Å². The maximum Gasteiger partial charge on any atom is 0.208 e. The molecule has 2 aromatic carbocycles. The molecule has 1 saturated carbocycles. The van der Waals surface area contributed by atoms with Gasteiger partial charge in [-0.2, -0.15) is 4.39 Å². The topological polar surface area (TPSA) is 22.4 Å². The van der Waals surface area contributed by atoms with Crippen LogP contribution in [0.2, 0.25) is 0 Å². The number of fused-ring (bicyclic) bond motifs is 3. The molecule has 0 bridgehead atoms. The molecule has 0 saturated heterocycles. The summed E-state index contributed by atoms with van der Waals surface area (Å²) in [6.07, 6.45) is 11.4. The van der Waals surface area contributed by atoms with Crippen molar-refractivity contribution in [1.82, 2.24) is 0 Å². The van der Waals surface area contributed by atoms with Crippen LogP contribution in [0.5, 0.6) is 5.75 Å². The second kappa shape index (κ2) is 10.0. The van der Waals surface area contributed by atoms with Crippen LogP contribution < -0.4 is 4.74 Å². The van der Waals surface area contributed by atoms with Gasteiger partial charge < -0.3 is 9.15 Å². The van der Waals surface area contributed by atoms with Crippen LogP contribution in [0.25, 0.3) is 21.9 Å². The van der Waals surface area contributed by atoms with Crippen LogP contribution in [-0.4, -0.2) is 6.61 Å². The fraction of sp³-hybridized carbons (Fsp3) is 0.556. The number of halogens is 2. The summed E-state index contributed by atoms with van der Waals surface area (Å²) in [5.41, 5.74) is 0.972. The van der Waals surface area contributed by atoms with Gasteiger partial charge in [-0.1, -0.05) is 52.0 Å². The monoisotopic (exact) mass is 428 g/mol. The Labute approximate surface area is 184 Å². The van der Waals surface area contributed by atoms with Crippen molar-refractivity contribution in [2.75, 3.05) is 6.61 Å². The molecule has 168 valence electrons. The Morgan fingerprint density at radius 3 is 2.23 bits per heavy atom. The predicted molar refractivity (Wildman–Crippen MR) is 123 cm³/mol. The van der Waals surface area contributed by atoms with Crippen LogP contribution in [0, 0.1) is 17.6 Å². The normalized spacial score (nSPS) is 19.4. The van der Waals surface area contributed by atoms with Gasteiger partial charge in [-0.3, -0.25) is 0 Å². The molecule has 0 amide bonds. The van der Waals surface area contributed by atoms with E-state index in [1.165, 1.54) is 38.5 Å². The molecular weight excluding hydrogens is 394 g/mol. The number of furan rings is 1. The highest BCUT2D eigenvalue weighted by atomic mass is 19.1. The summed E-state index contributed by atoms with van der Waals surface area (Å²) in [6.45, 7) is 4.75. The van der Waals surface area contributed by atoms with E-state index in [0.717, 1.165) is 37.2 Å². The van der Waals surface area contributed by atoms with Crippen molar-refractivity contribution < 1.29 is 17.9 Å². The van der Waals surface area contributed by atoms with E-state index < -0.39 is 5.82 Å². The molecule has 4 heteroatoms. The molecule has 1 aromatic heterocycles.